The lowest BCUT2D eigenvalue weighted by Crippen LogP contribution is -2.41. The molecule has 1 rings (SSSR count). The molecule has 0 radical (unpaired) electrons. The first-order chi connectivity index (χ1) is 6.90. The average Bonchev–Trinajstić information content (AvgIpc) is 2.16. The van der Waals surface area contributed by atoms with Crippen LogP contribution < -0.4 is 0 Å². The molecule has 2 heteroatoms. The van der Waals surface area contributed by atoms with Crippen molar-refractivity contribution in [1.29, 1.82) is 0 Å². The van der Waals surface area contributed by atoms with Gasteiger partial charge >= 0.3 is 0 Å². The summed E-state index contributed by atoms with van der Waals surface area (Å²) >= 11 is 0. The molecule has 0 bridgehead atoms. The summed E-state index contributed by atoms with van der Waals surface area (Å²) in [6, 6.07) is 0. The molecule has 90 valence electrons. The summed E-state index contributed by atoms with van der Waals surface area (Å²) in [6.07, 6.45) is 2.89. The molecule has 0 aromatic carbocycles. The molecule has 15 heavy (non-hydrogen) atoms. The third kappa shape index (κ3) is 2.73. The normalized spacial score (nSPS) is 39.4. The van der Waals surface area contributed by atoms with Gasteiger partial charge < -0.3 is 10.2 Å². The Morgan fingerprint density at radius 2 is 1.93 bits per heavy atom. The molecule has 0 amide bonds. The second-order valence-electron chi connectivity index (χ2n) is 5.94. The van der Waals surface area contributed by atoms with Crippen molar-refractivity contribution in [3.63, 3.8) is 0 Å². The maximum Gasteiger partial charge on any atom is 0.0577 e. The fraction of sp³-hybridized carbons (Fsp3) is 1.00. The van der Waals surface area contributed by atoms with E-state index in [4.69, 9.17) is 5.11 Å². The Bertz CT molecular complexity index is 203. The average molecular weight is 214 g/mol. The highest BCUT2D eigenvalue weighted by atomic mass is 16.3. The van der Waals surface area contributed by atoms with Crippen LogP contribution in [0.4, 0.5) is 0 Å². The van der Waals surface area contributed by atoms with E-state index in [1.807, 2.05) is 6.92 Å². The highest BCUT2D eigenvalue weighted by molar-refractivity contribution is 4.90. The van der Waals surface area contributed by atoms with E-state index in [2.05, 4.69) is 20.8 Å². The van der Waals surface area contributed by atoms with Gasteiger partial charge in [0.1, 0.15) is 0 Å². The molecule has 2 N–H and O–H groups in total. The zero-order valence-corrected chi connectivity index (χ0v) is 10.5. The summed E-state index contributed by atoms with van der Waals surface area (Å²) in [6.45, 7) is 8.98. The van der Waals surface area contributed by atoms with Crippen LogP contribution in [0, 0.1) is 23.2 Å². The lowest BCUT2D eigenvalue weighted by atomic mass is 9.63. The van der Waals surface area contributed by atoms with E-state index in [0.717, 1.165) is 12.8 Å². The third-order valence-electron chi connectivity index (χ3n) is 4.63. The molecule has 0 aromatic rings. The SMILES string of the molecule is CC(CO)C1CCC(C)(C(C)C)CC1O. The molecule has 0 heterocycles. The number of hydrogen-bond donors (Lipinski definition) is 2. The monoisotopic (exact) mass is 214 g/mol. The van der Waals surface area contributed by atoms with Crippen LogP contribution in [-0.4, -0.2) is 22.9 Å². The van der Waals surface area contributed by atoms with Gasteiger partial charge in [0.25, 0.3) is 0 Å². The van der Waals surface area contributed by atoms with Gasteiger partial charge in [-0.2, -0.15) is 0 Å². The molecule has 2 nitrogen and oxygen atoms in total. The second kappa shape index (κ2) is 4.84. The fourth-order valence-corrected chi connectivity index (χ4v) is 2.74. The molecule has 1 fully saturated rings. The predicted molar refractivity (Wildman–Crippen MR) is 62.5 cm³/mol. The summed E-state index contributed by atoms with van der Waals surface area (Å²) in [5.41, 5.74) is 0.283. The summed E-state index contributed by atoms with van der Waals surface area (Å²) < 4.78 is 0. The lowest BCUT2D eigenvalue weighted by molar-refractivity contribution is -0.0389. The van der Waals surface area contributed by atoms with Crippen LogP contribution in [0.25, 0.3) is 0 Å². The Hall–Kier alpha value is -0.0800. The van der Waals surface area contributed by atoms with E-state index in [1.165, 1.54) is 6.42 Å². The minimum atomic E-state index is -0.228. The standard InChI is InChI=1S/C13H26O2/c1-9(2)13(4)6-5-11(10(3)8-14)12(15)7-13/h9-12,14-15H,5-8H2,1-4H3. The van der Waals surface area contributed by atoms with Gasteiger partial charge in [-0.05, 0) is 42.4 Å². The van der Waals surface area contributed by atoms with Crippen molar-refractivity contribution >= 4 is 0 Å². The van der Waals surface area contributed by atoms with Crippen molar-refractivity contribution in [2.45, 2.75) is 53.1 Å². The Morgan fingerprint density at radius 3 is 2.33 bits per heavy atom. The van der Waals surface area contributed by atoms with Crippen LogP contribution in [0.2, 0.25) is 0 Å². The van der Waals surface area contributed by atoms with Gasteiger partial charge in [-0.25, -0.2) is 0 Å². The molecule has 0 aromatic heterocycles. The summed E-state index contributed by atoms with van der Waals surface area (Å²) in [5, 5.41) is 19.3. The summed E-state index contributed by atoms with van der Waals surface area (Å²) in [5.74, 6) is 1.15. The van der Waals surface area contributed by atoms with Crippen LogP contribution >= 0.6 is 0 Å². The minimum Gasteiger partial charge on any atom is -0.396 e. The summed E-state index contributed by atoms with van der Waals surface area (Å²) in [4.78, 5) is 0. The second-order valence-corrected chi connectivity index (χ2v) is 5.94. The Labute approximate surface area is 93.7 Å². The van der Waals surface area contributed by atoms with Crippen LogP contribution in [0.1, 0.15) is 47.0 Å². The highest BCUT2D eigenvalue weighted by Gasteiger charge is 2.40. The van der Waals surface area contributed by atoms with Crippen molar-refractivity contribution in [1.82, 2.24) is 0 Å². The molecular formula is C13H26O2. The van der Waals surface area contributed by atoms with E-state index in [9.17, 15) is 5.11 Å². The van der Waals surface area contributed by atoms with Gasteiger partial charge in [0, 0.05) is 6.61 Å². The Kier molecular flexibility index (Phi) is 4.19. The zero-order chi connectivity index (χ0) is 11.6. The van der Waals surface area contributed by atoms with Crippen molar-refractivity contribution in [2.24, 2.45) is 23.2 Å². The first-order valence-corrected chi connectivity index (χ1v) is 6.19. The third-order valence-corrected chi connectivity index (χ3v) is 4.63. The van der Waals surface area contributed by atoms with Crippen LogP contribution in [0.5, 0.6) is 0 Å². The zero-order valence-electron chi connectivity index (χ0n) is 10.5. The molecule has 0 saturated heterocycles. The van der Waals surface area contributed by atoms with Gasteiger partial charge in [0.15, 0.2) is 0 Å². The smallest absolute Gasteiger partial charge is 0.0577 e. The van der Waals surface area contributed by atoms with Crippen molar-refractivity contribution < 1.29 is 10.2 Å². The maximum absolute atomic E-state index is 10.1. The van der Waals surface area contributed by atoms with E-state index >= 15 is 0 Å². The van der Waals surface area contributed by atoms with E-state index in [-0.39, 0.29) is 24.0 Å². The van der Waals surface area contributed by atoms with Crippen LogP contribution in [0.3, 0.4) is 0 Å². The molecule has 0 spiro atoms. The number of aliphatic hydroxyl groups excluding tert-OH is 2. The first-order valence-electron chi connectivity index (χ1n) is 6.19. The lowest BCUT2D eigenvalue weighted by Gasteiger charge is -2.44. The van der Waals surface area contributed by atoms with Crippen LogP contribution in [-0.2, 0) is 0 Å². The van der Waals surface area contributed by atoms with Gasteiger partial charge in [-0.15, -0.1) is 0 Å². The minimum absolute atomic E-state index is 0.195. The molecular weight excluding hydrogens is 188 g/mol. The van der Waals surface area contributed by atoms with Crippen molar-refractivity contribution in [2.75, 3.05) is 6.61 Å². The first kappa shape index (κ1) is 13.0. The topological polar surface area (TPSA) is 40.5 Å². The summed E-state index contributed by atoms with van der Waals surface area (Å²) in [7, 11) is 0. The largest absolute Gasteiger partial charge is 0.396 e. The quantitative estimate of drug-likeness (QED) is 0.757. The van der Waals surface area contributed by atoms with Gasteiger partial charge in [0.05, 0.1) is 6.10 Å². The molecule has 1 aliphatic rings. The van der Waals surface area contributed by atoms with Crippen molar-refractivity contribution in [3.8, 4) is 0 Å². The molecule has 4 unspecified atom stereocenters. The van der Waals surface area contributed by atoms with Crippen molar-refractivity contribution in [3.05, 3.63) is 0 Å². The molecule has 1 saturated carbocycles. The number of hydrogen-bond acceptors (Lipinski definition) is 2. The Balaban J connectivity index is 2.62. The fourth-order valence-electron chi connectivity index (χ4n) is 2.74. The van der Waals surface area contributed by atoms with E-state index in [1.54, 1.807) is 0 Å². The molecule has 1 aliphatic carbocycles. The number of rotatable bonds is 3. The van der Waals surface area contributed by atoms with Gasteiger partial charge in [-0.3, -0.25) is 0 Å². The number of aliphatic hydroxyl groups is 2. The van der Waals surface area contributed by atoms with Gasteiger partial charge in [-0.1, -0.05) is 27.7 Å². The van der Waals surface area contributed by atoms with Gasteiger partial charge in [0.2, 0.25) is 0 Å². The molecule has 4 atom stereocenters. The van der Waals surface area contributed by atoms with E-state index < -0.39 is 0 Å². The maximum atomic E-state index is 10.1. The van der Waals surface area contributed by atoms with Crippen LogP contribution in [0.15, 0.2) is 0 Å². The molecule has 0 aliphatic heterocycles. The predicted octanol–water partition coefficient (Wildman–Crippen LogP) is 2.44. The van der Waals surface area contributed by atoms with E-state index in [0.29, 0.717) is 11.8 Å². The Morgan fingerprint density at radius 1 is 1.33 bits per heavy atom. The highest BCUT2D eigenvalue weighted by Crippen LogP contribution is 2.45.